The van der Waals surface area contributed by atoms with Gasteiger partial charge in [-0.25, -0.2) is 9.97 Å². The second kappa shape index (κ2) is 6.73. The number of hydrogen-bond acceptors (Lipinski definition) is 6. The normalized spacial score (nSPS) is 17.2. The molecule has 1 unspecified atom stereocenters. The fraction of sp³-hybridized carbons (Fsp3) is 0.412. The summed E-state index contributed by atoms with van der Waals surface area (Å²) in [5, 5.41) is 3.41. The SMILES string of the molecule is COc1cc(OC)cc(N2CCC(Nc3nccc(C)n3)C2)c1. The van der Waals surface area contributed by atoms with Crippen LogP contribution in [0, 0.1) is 6.92 Å². The van der Waals surface area contributed by atoms with Gasteiger partial charge in [0.2, 0.25) is 5.95 Å². The van der Waals surface area contributed by atoms with E-state index in [2.05, 4.69) is 20.2 Å². The topological polar surface area (TPSA) is 59.5 Å². The molecule has 1 saturated heterocycles. The first-order chi connectivity index (χ1) is 11.2. The molecule has 1 aromatic carbocycles. The molecule has 0 aliphatic carbocycles. The summed E-state index contributed by atoms with van der Waals surface area (Å²) in [6.07, 6.45) is 2.82. The lowest BCUT2D eigenvalue weighted by atomic mass is 10.2. The van der Waals surface area contributed by atoms with Crippen LogP contribution in [0.1, 0.15) is 12.1 Å². The van der Waals surface area contributed by atoms with Gasteiger partial charge in [0.25, 0.3) is 0 Å². The van der Waals surface area contributed by atoms with E-state index in [-0.39, 0.29) is 0 Å². The molecule has 0 spiro atoms. The smallest absolute Gasteiger partial charge is 0.223 e. The van der Waals surface area contributed by atoms with Crippen molar-refractivity contribution in [1.29, 1.82) is 0 Å². The van der Waals surface area contributed by atoms with Gasteiger partial charge >= 0.3 is 0 Å². The lowest BCUT2D eigenvalue weighted by Crippen LogP contribution is -2.26. The van der Waals surface area contributed by atoms with Gasteiger partial charge in [0.05, 0.1) is 14.2 Å². The van der Waals surface area contributed by atoms with Crippen molar-refractivity contribution in [3.63, 3.8) is 0 Å². The first kappa shape index (κ1) is 15.4. The fourth-order valence-corrected chi connectivity index (χ4v) is 2.79. The van der Waals surface area contributed by atoms with Crippen molar-refractivity contribution in [1.82, 2.24) is 9.97 Å². The molecule has 0 bridgehead atoms. The Kier molecular flexibility index (Phi) is 4.50. The van der Waals surface area contributed by atoms with Gasteiger partial charge < -0.3 is 19.7 Å². The Morgan fingerprint density at radius 1 is 1.17 bits per heavy atom. The number of ether oxygens (including phenoxy) is 2. The first-order valence-corrected chi connectivity index (χ1v) is 7.72. The number of benzene rings is 1. The maximum Gasteiger partial charge on any atom is 0.223 e. The standard InChI is InChI=1S/C17H22N4O2/c1-12-4-6-18-17(19-12)20-13-5-7-21(11-13)14-8-15(22-2)10-16(9-14)23-3/h4,6,8-10,13H,5,7,11H2,1-3H3,(H,18,19,20). The maximum absolute atomic E-state index is 5.35. The minimum atomic E-state index is 0.328. The summed E-state index contributed by atoms with van der Waals surface area (Å²) in [5.41, 5.74) is 2.07. The Bertz CT molecular complexity index is 655. The van der Waals surface area contributed by atoms with Crippen molar-refractivity contribution < 1.29 is 9.47 Å². The molecule has 0 saturated carbocycles. The summed E-state index contributed by atoms with van der Waals surface area (Å²) < 4.78 is 10.7. The van der Waals surface area contributed by atoms with Crippen LogP contribution in [0.15, 0.2) is 30.5 Å². The van der Waals surface area contributed by atoms with E-state index in [1.165, 1.54) is 0 Å². The zero-order chi connectivity index (χ0) is 16.2. The number of aromatic nitrogens is 2. The molecule has 3 rings (SSSR count). The van der Waals surface area contributed by atoms with Gasteiger partial charge in [-0.2, -0.15) is 0 Å². The molecule has 1 aliphatic heterocycles. The second-order valence-corrected chi connectivity index (χ2v) is 5.67. The Morgan fingerprint density at radius 3 is 2.57 bits per heavy atom. The Balaban J connectivity index is 1.70. The number of aryl methyl sites for hydroxylation is 1. The van der Waals surface area contributed by atoms with Gasteiger partial charge in [-0.1, -0.05) is 0 Å². The van der Waals surface area contributed by atoms with Gasteiger partial charge in [0.1, 0.15) is 11.5 Å². The number of anilines is 2. The molecule has 1 aromatic heterocycles. The minimum absolute atomic E-state index is 0.328. The van der Waals surface area contributed by atoms with E-state index in [0.29, 0.717) is 12.0 Å². The molecular formula is C17H22N4O2. The van der Waals surface area contributed by atoms with Gasteiger partial charge in [-0.3, -0.25) is 0 Å². The summed E-state index contributed by atoms with van der Waals surface area (Å²) in [4.78, 5) is 11.0. The minimum Gasteiger partial charge on any atom is -0.497 e. The van der Waals surface area contributed by atoms with E-state index in [4.69, 9.17) is 9.47 Å². The van der Waals surface area contributed by atoms with E-state index >= 15 is 0 Å². The maximum atomic E-state index is 5.35. The van der Waals surface area contributed by atoms with Gasteiger partial charge in [-0.05, 0) is 19.4 Å². The summed E-state index contributed by atoms with van der Waals surface area (Å²) >= 11 is 0. The summed E-state index contributed by atoms with van der Waals surface area (Å²) in [7, 11) is 3.34. The highest BCUT2D eigenvalue weighted by molar-refractivity contribution is 5.56. The largest absolute Gasteiger partial charge is 0.497 e. The number of methoxy groups -OCH3 is 2. The van der Waals surface area contributed by atoms with Gasteiger partial charge in [-0.15, -0.1) is 0 Å². The third-order valence-corrected chi connectivity index (χ3v) is 4.02. The number of nitrogens with one attached hydrogen (secondary N) is 1. The first-order valence-electron chi connectivity index (χ1n) is 7.72. The lowest BCUT2D eigenvalue weighted by molar-refractivity contribution is 0.394. The highest BCUT2D eigenvalue weighted by atomic mass is 16.5. The Labute approximate surface area is 136 Å². The van der Waals surface area contributed by atoms with Crippen molar-refractivity contribution in [2.24, 2.45) is 0 Å². The molecule has 23 heavy (non-hydrogen) atoms. The van der Waals surface area contributed by atoms with Crippen molar-refractivity contribution in [3.8, 4) is 11.5 Å². The van der Waals surface area contributed by atoms with E-state index in [1.807, 2.05) is 31.2 Å². The molecule has 122 valence electrons. The number of nitrogens with zero attached hydrogens (tertiary/aromatic N) is 3. The average molecular weight is 314 g/mol. The predicted molar refractivity (Wildman–Crippen MR) is 90.6 cm³/mol. The molecule has 6 heteroatoms. The third-order valence-electron chi connectivity index (χ3n) is 4.02. The average Bonchev–Trinajstić information content (AvgIpc) is 3.03. The van der Waals surface area contributed by atoms with Crippen LogP contribution in [-0.4, -0.2) is 43.3 Å². The highest BCUT2D eigenvalue weighted by Gasteiger charge is 2.24. The monoisotopic (exact) mass is 314 g/mol. The van der Waals surface area contributed by atoms with E-state index in [0.717, 1.165) is 42.4 Å². The van der Waals surface area contributed by atoms with Crippen molar-refractivity contribution in [2.45, 2.75) is 19.4 Å². The third kappa shape index (κ3) is 3.64. The van der Waals surface area contributed by atoms with E-state index in [1.54, 1.807) is 20.4 Å². The lowest BCUT2D eigenvalue weighted by Gasteiger charge is -2.20. The Morgan fingerprint density at radius 2 is 1.91 bits per heavy atom. The van der Waals surface area contributed by atoms with E-state index < -0.39 is 0 Å². The summed E-state index contributed by atoms with van der Waals surface area (Å²) in [5.74, 6) is 2.30. The van der Waals surface area contributed by atoms with Gasteiger partial charge in [0.15, 0.2) is 0 Å². The molecule has 1 aliphatic rings. The molecule has 6 nitrogen and oxygen atoms in total. The van der Waals surface area contributed by atoms with Crippen LogP contribution in [0.5, 0.6) is 11.5 Å². The molecule has 1 N–H and O–H groups in total. The van der Waals surface area contributed by atoms with Crippen molar-refractivity contribution in [2.75, 3.05) is 37.5 Å². The van der Waals surface area contributed by atoms with Crippen LogP contribution in [-0.2, 0) is 0 Å². The van der Waals surface area contributed by atoms with Crippen molar-refractivity contribution in [3.05, 3.63) is 36.2 Å². The molecule has 0 amide bonds. The quantitative estimate of drug-likeness (QED) is 0.915. The summed E-state index contributed by atoms with van der Waals surface area (Å²) in [6.45, 7) is 3.84. The number of hydrogen-bond donors (Lipinski definition) is 1. The molecule has 0 radical (unpaired) electrons. The van der Waals surface area contributed by atoms with Crippen LogP contribution >= 0.6 is 0 Å². The molecule has 2 heterocycles. The molecule has 1 atom stereocenters. The Hall–Kier alpha value is -2.50. The molecule has 2 aromatic rings. The van der Waals surface area contributed by atoms with E-state index in [9.17, 15) is 0 Å². The molecular weight excluding hydrogens is 292 g/mol. The zero-order valence-corrected chi connectivity index (χ0v) is 13.7. The van der Waals surface area contributed by atoms with Crippen LogP contribution in [0.4, 0.5) is 11.6 Å². The van der Waals surface area contributed by atoms with Crippen molar-refractivity contribution >= 4 is 11.6 Å². The van der Waals surface area contributed by atoms with Gasteiger partial charge in [0, 0.05) is 54.9 Å². The summed E-state index contributed by atoms with van der Waals surface area (Å²) in [6, 6.07) is 8.18. The van der Waals surface area contributed by atoms with Crippen LogP contribution in [0.3, 0.4) is 0 Å². The zero-order valence-electron chi connectivity index (χ0n) is 13.7. The van der Waals surface area contributed by atoms with Crippen LogP contribution < -0.4 is 19.7 Å². The number of rotatable bonds is 5. The van der Waals surface area contributed by atoms with Crippen LogP contribution in [0.25, 0.3) is 0 Å². The molecule has 1 fully saturated rings. The fourth-order valence-electron chi connectivity index (χ4n) is 2.79. The second-order valence-electron chi connectivity index (χ2n) is 5.67. The highest BCUT2D eigenvalue weighted by Crippen LogP contribution is 2.30. The predicted octanol–water partition coefficient (Wildman–Crippen LogP) is 2.49. The van der Waals surface area contributed by atoms with Crippen LogP contribution in [0.2, 0.25) is 0 Å².